The van der Waals surface area contributed by atoms with Crippen LogP contribution in [0.25, 0.3) is 0 Å². The predicted molar refractivity (Wildman–Crippen MR) is 66.7 cm³/mol. The maximum Gasteiger partial charge on any atom is 0.311 e. The van der Waals surface area contributed by atoms with Crippen molar-refractivity contribution in [3.63, 3.8) is 0 Å². The van der Waals surface area contributed by atoms with Gasteiger partial charge in [-0.15, -0.1) is 0 Å². The molecular formula is C11H10Cl2N2O3. The zero-order chi connectivity index (χ0) is 13.3. The molecule has 1 aromatic rings. The molecule has 1 amide bonds. The van der Waals surface area contributed by atoms with Crippen LogP contribution in [0.4, 0.5) is 5.69 Å². The minimum atomic E-state index is -0.451. The van der Waals surface area contributed by atoms with Gasteiger partial charge in [-0.05, 0) is 12.1 Å². The number of anilines is 1. The molecule has 0 aliphatic carbocycles. The molecule has 0 N–H and O–H groups in total. The number of aromatic nitrogens is 1. The number of rotatable bonds is 2. The van der Waals surface area contributed by atoms with E-state index in [0.29, 0.717) is 5.69 Å². The van der Waals surface area contributed by atoms with Crippen molar-refractivity contribution in [1.82, 2.24) is 4.98 Å². The average Bonchev–Trinajstić information content (AvgIpc) is 2.69. The number of esters is 1. The summed E-state index contributed by atoms with van der Waals surface area (Å²) in [4.78, 5) is 28.5. The molecule has 0 radical (unpaired) electrons. The molecule has 1 aliphatic rings. The van der Waals surface area contributed by atoms with Crippen molar-refractivity contribution in [2.24, 2.45) is 5.92 Å². The second-order valence-electron chi connectivity index (χ2n) is 3.90. The smallest absolute Gasteiger partial charge is 0.311 e. The number of amides is 1. The molecule has 0 aromatic carbocycles. The molecule has 7 heteroatoms. The lowest BCUT2D eigenvalue weighted by Gasteiger charge is -2.16. The fraction of sp³-hybridized carbons (Fsp3) is 0.364. The number of pyridine rings is 1. The Labute approximate surface area is 114 Å². The molecule has 1 aromatic heterocycles. The standard InChI is InChI=1S/C11H10Cl2N2O3/c1-18-11(17)6-2-10(16)15(5-6)7-3-8(12)14-9(13)4-7/h3-4,6H,2,5H2,1H3. The molecule has 2 heterocycles. The van der Waals surface area contributed by atoms with Crippen molar-refractivity contribution in [2.45, 2.75) is 6.42 Å². The van der Waals surface area contributed by atoms with Gasteiger partial charge in [0.05, 0.1) is 13.0 Å². The molecule has 2 rings (SSSR count). The summed E-state index contributed by atoms with van der Waals surface area (Å²) in [6.07, 6.45) is 0.129. The summed E-state index contributed by atoms with van der Waals surface area (Å²) in [5.74, 6) is -1.01. The van der Waals surface area contributed by atoms with E-state index in [-0.39, 0.29) is 29.2 Å². The zero-order valence-electron chi connectivity index (χ0n) is 9.52. The van der Waals surface area contributed by atoms with Crippen LogP contribution in [0.2, 0.25) is 10.3 Å². The molecule has 1 fully saturated rings. The van der Waals surface area contributed by atoms with E-state index in [1.165, 1.54) is 24.1 Å². The van der Waals surface area contributed by atoms with Gasteiger partial charge in [0, 0.05) is 18.7 Å². The van der Waals surface area contributed by atoms with Gasteiger partial charge in [0.1, 0.15) is 10.3 Å². The summed E-state index contributed by atoms with van der Waals surface area (Å²) < 4.78 is 4.63. The summed E-state index contributed by atoms with van der Waals surface area (Å²) >= 11 is 11.6. The number of halogens is 2. The summed E-state index contributed by atoms with van der Waals surface area (Å²) in [5, 5.41) is 0.402. The van der Waals surface area contributed by atoms with E-state index < -0.39 is 11.9 Å². The fourth-order valence-corrected chi connectivity index (χ4v) is 2.34. The molecule has 0 spiro atoms. The molecule has 96 valence electrons. The van der Waals surface area contributed by atoms with Gasteiger partial charge in [-0.25, -0.2) is 4.98 Å². The SMILES string of the molecule is COC(=O)C1CC(=O)N(c2cc(Cl)nc(Cl)c2)C1. The van der Waals surface area contributed by atoms with E-state index in [1.54, 1.807) is 0 Å². The molecule has 1 aliphatic heterocycles. The maximum atomic E-state index is 11.8. The molecule has 1 atom stereocenters. The van der Waals surface area contributed by atoms with Crippen LogP contribution in [0.5, 0.6) is 0 Å². The van der Waals surface area contributed by atoms with Gasteiger partial charge >= 0.3 is 5.97 Å². The largest absolute Gasteiger partial charge is 0.469 e. The first-order valence-electron chi connectivity index (χ1n) is 5.22. The lowest BCUT2D eigenvalue weighted by Crippen LogP contribution is -2.26. The summed E-state index contributed by atoms with van der Waals surface area (Å²) in [6, 6.07) is 3.07. The van der Waals surface area contributed by atoms with E-state index in [9.17, 15) is 9.59 Å². The Balaban J connectivity index is 2.24. The Morgan fingerprint density at radius 2 is 2.06 bits per heavy atom. The van der Waals surface area contributed by atoms with Crippen LogP contribution < -0.4 is 4.90 Å². The van der Waals surface area contributed by atoms with Gasteiger partial charge in [0.2, 0.25) is 5.91 Å². The van der Waals surface area contributed by atoms with Crippen LogP contribution in [0, 0.1) is 5.92 Å². The molecule has 1 unspecified atom stereocenters. The van der Waals surface area contributed by atoms with E-state index in [0.717, 1.165) is 0 Å². The van der Waals surface area contributed by atoms with Crippen LogP contribution >= 0.6 is 23.2 Å². The number of methoxy groups -OCH3 is 1. The number of hydrogen-bond donors (Lipinski definition) is 0. The Morgan fingerprint density at radius 1 is 1.44 bits per heavy atom. The molecule has 18 heavy (non-hydrogen) atoms. The highest BCUT2D eigenvalue weighted by Gasteiger charge is 2.36. The highest BCUT2D eigenvalue weighted by molar-refractivity contribution is 6.33. The number of nitrogens with zero attached hydrogens (tertiary/aromatic N) is 2. The first-order chi connectivity index (χ1) is 8.51. The van der Waals surface area contributed by atoms with E-state index >= 15 is 0 Å². The van der Waals surface area contributed by atoms with Crippen LogP contribution in [0.15, 0.2) is 12.1 Å². The van der Waals surface area contributed by atoms with Gasteiger partial charge in [-0.2, -0.15) is 0 Å². The summed E-state index contributed by atoms with van der Waals surface area (Å²) in [7, 11) is 1.30. The van der Waals surface area contributed by atoms with Gasteiger partial charge in [0.25, 0.3) is 0 Å². The topological polar surface area (TPSA) is 59.5 Å². The minimum Gasteiger partial charge on any atom is -0.469 e. The quantitative estimate of drug-likeness (QED) is 0.616. The lowest BCUT2D eigenvalue weighted by atomic mass is 10.1. The molecule has 5 nitrogen and oxygen atoms in total. The first kappa shape index (κ1) is 13.1. The second kappa shape index (κ2) is 5.12. The Hall–Kier alpha value is -1.33. The minimum absolute atomic E-state index is 0.129. The average molecular weight is 289 g/mol. The fourth-order valence-electron chi connectivity index (χ4n) is 1.89. The molecule has 1 saturated heterocycles. The van der Waals surface area contributed by atoms with Gasteiger partial charge in [-0.3, -0.25) is 9.59 Å². The predicted octanol–water partition coefficient (Wildman–Crippen LogP) is 1.91. The van der Waals surface area contributed by atoms with Crippen molar-refractivity contribution >= 4 is 40.8 Å². The second-order valence-corrected chi connectivity index (χ2v) is 4.67. The van der Waals surface area contributed by atoms with Gasteiger partial charge in [-0.1, -0.05) is 23.2 Å². The number of carbonyl (C=O) groups is 2. The highest BCUT2D eigenvalue weighted by atomic mass is 35.5. The number of hydrogen-bond acceptors (Lipinski definition) is 4. The Morgan fingerprint density at radius 3 is 2.61 bits per heavy atom. The van der Waals surface area contributed by atoms with Crippen LogP contribution in [0.3, 0.4) is 0 Å². The lowest BCUT2D eigenvalue weighted by molar-refractivity contribution is -0.145. The van der Waals surface area contributed by atoms with Crippen LogP contribution in [-0.4, -0.2) is 30.5 Å². The van der Waals surface area contributed by atoms with Gasteiger partial charge in [0.15, 0.2) is 0 Å². The third-order valence-corrected chi connectivity index (χ3v) is 3.11. The third kappa shape index (κ3) is 2.57. The van der Waals surface area contributed by atoms with Crippen LogP contribution in [0.1, 0.15) is 6.42 Å². The van der Waals surface area contributed by atoms with Crippen molar-refractivity contribution < 1.29 is 14.3 Å². The van der Waals surface area contributed by atoms with E-state index in [4.69, 9.17) is 23.2 Å². The Bertz CT molecular complexity index is 487. The maximum absolute atomic E-state index is 11.8. The first-order valence-corrected chi connectivity index (χ1v) is 5.98. The molecule has 0 saturated carbocycles. The number of carbonyl (C=O) groups excluding carboxylic acids is 2. The van der Waals surface area contributed by atoms with Gasteiger partial charge < -0.3 is 9.64 Å². The monoisotopic (exact) mass is 288 g/mol. The molecular weight excluding hydrogens is 279 g/mol. The number of ether oxygens (including phenoxy) is 1. The zero-order valence-corrected chi connectivity index (χ0v) is 11.0. The van der Waals surface area contributed by atoms with E-state index in [2.05, 4.69) is 9.72 Å². The Kier molecular flexibility index (Phi) is 3.73. The summed E-state index contributed by atoms with van der Waals surface area (Å²) in [6.45, 7) is 0.266. The van der Waals surface area contributed by atoms with E-state index in [1.807, 2.05) is 0 Å². The van der Waals surface area contributed by atoms with Crippen molar-refractivity contribution in [2.75, 3.05) is 18.6 Å². The summed E-state index contributed by atoms with van der Waals surface area (Å²) in [5.41, 5.74) is 0.538. The third-order valence-electron chi connectivity index (χ3n) is 2.72. The van der Waals surface area contributed by atoms with Crippen molar-refractivity contribution in [1.29, 1.82) is 0 Å². The van der Waals surface area contributed by atoms with Crippen LogP contribution in [-0.2, 0) is 14.3 Å². The molecule has 0 bridgehead atoms. The highest BCUT2D eigenvalue weighted by Crippen LogP contribution is 2.28. The van der Waals surface area contributed by atoms with Crippen molar-refractivity contribution in [3.8, 4) is 0 Å². The van der Waals surface area contributed by atoms with Crippen molar-refractivity contribution in [3.05, 3.63) is 22.4 Å². The normalized spacial score (nSPS) is 19.2.